The smallest absolute Gasteiger partial charge is 0.0973 e. The molecule has 0 heterocycles. The summed E-state index contributed by atoms with van der Waals surface area (Å²) in [5.41, 5.74) is 0. The molecule has 0 aliphatic carbocycles. The zero-order valence-corrected chi connectivity index (χ0v) is 11.3. The first-order valence-electron chi connectivity index (χ1n) is 5.39. The molecule has 0 saturated heterocycles. The fourth-order valence-corrected chi connectivity index (χ4v) is 2.05. The van der Waals surface area contributed by atoms with Gasteiger partial charge in [-0.05, 0) is 33.1 Å². The first kappa shape index (κ1) is 14.7. The summed E-state index contributed by atoms with van der Waals surface area (Å²) in [4.78, 5) is 0. The Morgan fingerprint density at radius 1 is 1.40 bits per heavy atom. The second kappa shape index (κ2) is 6.30. The van der Waals surface area contributed by atoms with Crippen LogP contribution in [0.3, 0.4) is 0 Å². The van der Waals surface area contributed by atoms with Gasteiger partial charge in [-0.15, -0.1) is 12.3 Å². The predicted octanol–water partition coefficient (Wildman–Crippen LogP) is 2.48. The molecule has 2 nitrogen and oxygen atoms in total. The first-order valence-corrected chi connectivity index (χ1v) is 6.54. The molecular formula is C12H23NOS. The van der Waals surface area contributed by atoms with Crippen LogP contribution in [-0.4, -0.2) is 15.0 Å². The van der Waals surface area contributed by atoms with Gasteiger partial charge in [0, 0.05) is 12.5 Å². The maximum Gasteiger partial charge on any atom is 0.0973 e. The number of rotatable bonds is 5. The molecule has 15 heavy (non-hydrogen) atoms. The summed E-state index contributed by atoms with van der Waals surface area (Å²) in [6.07, 6.45) is 6.90. The Kier molecular flexibility index (Phi) is 6.16. The third kappa shape index (κ3) is 6.70. The molecule has 0 saturated carbocycles. The van der Waals surface area contributed by atoms with Crippen LogP contribution in [0.1, 0.15) is 47.5 Å². The van der Waals surface area contributed by atoms with Crippen molar-refractivity contribution in [3.63, 3.8) is 0 Å². The minimum atomic E-state index is -1.03. The molecule has 1 unspecified atom stereocenters. The lowest BCUT2D eigenvalue weighted by Crippen LogP contribution is -2.40. The van der Waals surface area contributed by atoms with Gasteiger partial charge in [0.2, 0.25) is 0 Å². The van der Waals surface area contributed by atoms with Gasteiger partial charge in [-0.25, -0.2) is 8.93 Å². The van der Waals surface area contributed by atoms with Crippen LogP contribution < -0.4 is 4.72 Å². The zero-order chi connectivity index (χ0) is 12.1. The second-order valence-corrected chi connectivity index (χ2v) is 7.23. The van der Waals surface area contributed by atoms with Crippen molar-refractivity contribution >= 4 is 11.0 Å². The van der Waals surface area contributed by atoms with Gasteiger partial charge in [0.1, 0.15) is 0 Å². The summed E-state index contributed by atoms with van der Waals surface area (Å²) in [5, 5.41) is 0. The fraction of sp³-hybridized carbons (Fsp3) is 0.833. The summed E-state index contributed by atoms with van der Waals surface area (Å²) < 4.78 is 14.7. The summed E-state index contributed by atoms with van der Waals surface area (Å²) >= 11 is 0. The van der Waals surface area contributed by atoms with Gasteiger partial charge in [0.15, 0.2) is 0 Å². The fourth-order valence-electron chi connectivity index (χ4n) is 1.21. The highest BCUT2D eigenvalue weighted by Crippen LogP contribution is 2.13. The average molecular weight is 229 g/mol. The predicted molar refractivity (Wildman–Crippen MR) is 67.7 cm³/mol. The molecule has 0 fully saturated rings. The van der Waals surface area contributed by atoms with E-state index < -0.39 is 11.0 Å². The maximum absolute atomic E-state index is 11.9. The van der Waals surface area contributed by atoms with Crippen molar-refractivity contribution in [2.24, 2.45) is 5.92 Å². The Balaban J connectivity index is 4.30. The number of terminal acetylenes is 1. The molecule has 0 aromatic heterocycles. The Morgan fingerprint density at radius 3 is 2.27 bits per heavy atom. The van der Waals surface area contributed by atoms with Gasteiger partial charge in [-0.2, -0.15) is 0 Å². The molecule has 0 aromatic carbocycles. The van der Waals surface area contributed by atoms with Crippen LogP contribution >= 0.6 is 0 Å². The molecule has 0 bridgehead atoms. The van der Waals surface area contributed by atoms with Gasteiger partial charge in [-0.3, -0.25) is 0 Å². The van der Waals surface area contributed by atoms with Crippen LogP contribution in [0.4, 0.5) is 0 Å². The van der Waals surface area contributed by atoms with Gasteiger partial charge in [-0.1, -0.05) is 13.8 Å². The lowest BCUT2D eigenvalue weighted by Gasteiger charge is -2.24. The van der Waals surface area contributed by atoms with E-state index in [1.807, 2.05) is 20.8 Å². The number of hydrogen-bond donors (Lipinski definition) is 1. The molecule has 3 heteroatoms. The number of hydrogen-bond acceptors (Lipinski definition) is 1. The molecule has 0 aliphatic rings. The van der Waals surface area contributed by atoms with E-state index in [1.54, 1.807) is 0 Å². The highest BCUT2D eigenvalue weighted by molar-refractivity contribution is 7.84. The van der Waals surface area contributed by atoms with E-state index in [0.717, 1.165) is 6.42 Å². The largest absolute Gasteiger partial charge is 0.242 e. The van der Waals surface area contributed by atoms with Crippen molar-refractivity contribution in [1.29, 1.82) is 0 Å². The minimum absolute atomic E-state index is 0.162. The van der Waals surface area contributed by atoms with E-state index >= 15 is 0 Å². The molecule has 88 valence electrons. The van der Waals surface area contributed by atoms with Crippen LogP contribution in [0.5, 0.6) is 0 Å². The van der Waals surface area contributed by atoms with Crippen LogP contribution in [0.2, 0.25) is 0 Å². The highest BCUT2D eigenvalue weighted by Gasteiger charge is 2.22. The van der Waals surface area contributed by atoms with Gasteiger partial charge in [0.25, 0.3) is 0 Å². The minimum Gasteiger partial charge on any atom is -0.242 e. The molecule has 0 amide bonds. The van der Waals surface area contributed by atoms with Crippen LogP contribution in [0.15, 0.2) is 0 Å². The average Bonchev–Trinajstić information content (AvgIpc) is 2.01. The maximum atomic E-state index is 11.9. The molecule has 2 atom stereocenters. The van der Waals surface area contributed by atoms with Gasteiger partial charge < -0.3 is 0 Å². The van der Waals surface area contributed by atoms with E-state index in [1.165, 1.54) is 0 Å². The van der Waals surface area contributed by atoms with Crippen LogP contribution in [0, 0.1) is 18.3 Å². The van der Waals surface area contributed by atoms with E-state index in [4.69, 9.17) is 6.42 Å². The topological polar surface area (TPSA) is 29.1 Å². The van der Waals surface area contributed by atoms with Crippen molar-refractivity contribution in [3.05, 3.63) is 0 Å². The van der Waals surface area contributed by atoms with E-state index in [-0.39, 0.29) is 10.8 Å². The summed E-state index contributed by atoms with van der Waals surface area (Å²) in [7, 11) is -1.03. The van der Waals surface area contributed by atoms with E-state index in [9.17, 15) is 4.21 Å². The Bertz CT molecular complexity index is 247. The van der Waals surface area contributed by atoms with Gasteiger partial charge >= 0.3 is 0 Å². The van der Waals surface area contributed by atoms with Crippen LogP contribution in [0.25, 0.3) is 0 Å². The van der Waals surface area contributed by atoms with E-state index in [0.29, 0.717) is 12.3 Å². The zero-order valence-electron chi connectivity index (χ0n) is 10.5. The Hall–Kier alpha value is -0.330. The van der Waals surface area contributed by atoms with Crippen molar-refractivity contribution in [1.82, 2.24) is 4.72 Å². The normalized spacial score (nSPS) is 16.1. The van der Waals surface area contributed by atoms with Crippen molar-refractivity contribution in [3.8, 4) is 12.3 Å². The SMILES string of the molecule is C#CC[C@@H](CC(C)C)NS(=O)C(C)(C)C. The van der Waals surface area contributed by atoms with Crippen molar-refractivity contribution < 1.29 is 4.21 Å². The lowest BCUT2D eigenvalue weighted by molar-refractivity contribution is 0.473. The highest BCUT2D eigenvalue weighted by atomic mass is 32.2. The second-order valence-electron chi connectivity index (χ2n) is 5.23. The molecular weight excluding hydrogens is 206 g/mol. The standard InChI is InChI=1S/C12H23NOS/c1-7-8-11(9-10(2)3)13-15(14)12(4,5)6/h1,10-11,13H,8-9H2,2-6H3/t11-,15?/m0/s1. The summed E-state index contributed by atoms with van der Waals surface area (Å²) in [5.74, 6) is 3.20. The molecule has 0 radical (unpaired) electrons. The molecule has 0 aromatic rings. The Labute approximate surface area is 96.8 Å². The van der Waals surface area contributed by atoms with E-state index in [2.05, 4.69) is 24.5 Å². The van der Waals surface area contributed by atoms with Crippen LogP contribution in [-0.2, 0) is 11.0 Å². The molecule has 0 spiro atoms. The quantitative estimate of drug-likeness (QED) is 0.721. The summed E-state index contributed by atoms with van der Waals surface area (Å²) in [6, 6.07) is 0.162. The molecule has 0 rings (SSSR count). The van der Waals surface area contributed by atoms with Crippen molar-refractivity contribution in [2.45, 2.75) is 58.2 Å². The first-order chi connectivity index (χ1) is 6.77. The third-order valence-electron chi connectivity index (χ3n) is 1.95. The van der Waals surface area contributed by atoms with Gasteiger partial charge in [0.05, 0.1) is 15.7 Å². The lowest BCUT2D eigenvalue weighted by atomic mass is 10.0. The summed E-state index contributed by atoms with van der Waals surface area (Å²) in [6.45, 7) is 10.2. The molecule has 1 N–H and O–H groups in total. The van der Waals surface area contributed by atoms with Crippen molar-refractivity contribution in [2.75, 3.05) is 0 Å². The molecule has 0 aliphatic heterocycles. The monoisotopic (exact) mass is 229 g/mol. The Morgan fingerprint density at radius 2 is 1.93 bits per heavy atom. The third-order valence-corrected chi connectivity index (χ3v) is 3.61. The number of nitrogens with one attached hydrogen (secondary N) is 1.